The predicted molar refractivity (Wildman–Crippen MR) is 88.4 cm³/mol. The summed E-state index contributed by atoms with van der Waals surface area (Å²) in [5, 5.41) is 3.24. The van der Waals surface area contributed by atoms with E-state index in [1.54, 1.807) is 16.0 Å². The van der Waals surface area contributed by atoms with E-state index < -0.39 is 8.07 Å². The lowest BCUT2D eigenvalue weighted by Crippen LogP contribution is -2.47. The first-order valence-corrected chi connectivity index (χ1v) is 10.1. The zero-order chi connectivity index (χ0) is 14.1. The number of rotatable bonds is 3. The summed E-state index contributed by atoms with van der Waals surface area (Å²) in [7, 11) is -1.55. The highest BCUT2D eigenvalue weighted by atomic mass is 28.3. The Kier molecular flexibility index (Phi) is 3.87. The minimum Gasteiger partial charge on any atom is -0.0808 e. The molecular formula is C18H26Si. The van der Waals surface area contributed by atoms with Gasteiger partial charge in [0.25, 0.3) is 0 Å². The zero-order valence-corrected chi connectivity index (χ0v) is 14.0. The molecule has 0 spiro atoms. The third kappa shape index (κ3) is 2.62. The van der Waals surface area contributed by atoms with Crippen molar-refractivity contribution in [2.45, 2.75) is 46.7 Å². The van der Waals surface area contributed by atoms with Gasteiger partial charge in [-0.15, -0.1) is 0 Å². The molecule has 1 atom stereocenters. The van der Waals surface area contributed by atoms with Crippen LogP contribution in [0.25, 0.3) is 0 Å². The first-order chi connectivity index (χ1) is 8.89. The monoisotopic (exact) mass is 270 g/mol. The van der Waals surface area contributed by atoms with Gasteiger partial charge in [-0.2, -0.15) is 0 Å². The molecule has 0 aromatic heterocycles. The lowest BCUT2D eigenvalue weighted by Gasteiger charge is -2.35. The Balaban J connectivity index is 2.47. The van der Waals surface area contributed by atoms with Crippen LogP contribution in [0.4, 0.5) is 0 Å². The maximum absolute atomic E-state index is 2.53. The lowest BCUT2D eigenvalue weighted by molar-refractivity contribution is 0.515. The molecule has 0 saturated heterocycles. The van der Waals surface area contributed by atoms with Crippen molar-refractivity contribution < 1.29 is 0 Å². The molecule has 0 N–H and O–H groups in total. The molecule has 0 nitrogen and oxygen atoms in total. The van der Waals surface area contributed by atoms with Gasteiger partial charge in [0.1, 0.15) is 8.07 Å². The van der Waals surface area contributed by atoms with Crippen molar-refractivity contribution in [1.29, 1.82) is 0 Å². The van der Waals surface area contributed by atoms with Crippen molar-refractivity contribution in [3.8, 4) is 0 Å². The van der Waals surface area contributed by atoms with E-state index in [4.69, 9.17) is 0 Å². The Labute approximate surface area is 119 Å². The molecule has 1 aliphatic rings. The Morgan fingerprint density at radius 2 is 1.68 bits per heavy atom. The van der Waals surface area contributed by atoms with Crippen LogP contribution in [0.15, 0.2) is 53.3 Å². The van der Waals surface area contributed by atoms with Crippen LogP contribution in [0.3, 0.4) is 0 Å². The van der Waals surface area contributed by atoms with E-state index in [9.17, 15) is 0 Å². The van der Waals surface area contributed by atoms with E-state index in [1.807, 2.05) is 0 Å². The fourth-order valence-corrected chi connectivity index (χ4v) is 6.77. The SMILES string of the molecule is CC[Si](C)(C1=CCC=C1C(C)(C)C)c1ccccc1. The summed E-state index contributed by atoms with van der Waals surface area (Å²) in [6, 6.07) is 12.4. The van der Waals surface area contributed by atoms with E-state index in [2.05, 4.69) is 76.7 Å². The average Bonchev–Trinajstić information content (AvgIpc) is 2.88. The van der Waals surface area contributed by atoms with Crippen molar-refractivity contribution >= 4 is 13.3 Å². The van der Waals surface area contributed by atoms with E-state index in [-0.39, 0.29) is 5.41 Å². The van der Waals surface area contributed by atoms with Gasteiger partial charge in [0.05, 0.1) is 0 Å². The van der Waals surface area contributed by atoms with Crippen LogP contribution in [-0.2, 0) is 0 Å². The molecule has 1 unspecified atom stereocenters. The third-order valence-electron chi connectivity index (χ3n) is 4.45. The Hall–Kier alpha value is -1.08. The Morgan fingerprint density at radius 3 is 2.21 bits per heavy atom. The predicted octanol–water partition coefficient (Wildman–Crippen LogP) is 4.83. The largest absolute Gasteiger partial charge is 0.114 e. The molecule has 0 aliphatic heterocycles. The molecular weight excluding hydrogens is 244 g/mol. The van der Waals surface area contributed by atoms with Crippen molar-refractivity contribution in [3.05, 3.63) is 53.3 Å². The first-order valence-electron chi connectivity index (χ1n) is 7.37. The first kappa shape index (κ1) is 14.3. The van der Waals surface area contributed by atoms with Gasteiger partial charge in [0.2, 0.25) is 0 Å². The molecule has 1 aromatic carbocycles. The van der Waals surface area contributed by atoms with Gasteiger partial charge in [-0.05, 0) is 17.4 Å². The van der Waals surface area contributed by atoms with Crippen LogP contribution in [0, 0.1) is 5.41 Å². The molecule has 0 radical (unpaired) electrons. The van der Waals surface area contributed by atoms with E-state index in [0.717, 1.165) is 6.42 Å². The third-order valence-corrected chi connectivity index (χ3v) is 9.14. The molecule has 19 heavy (non-hydrogen) atoms. The van der Waals surface area contributed by atoms with Gasteiger partial charge < -0.3 is 0 Å². The summed E-state index contributed by atoms with van der Waals surface area (Å²) >= 11 is 0. The zero-order valence-electron chi connectivity index (χ0n) is 13.0. The van der Waals surface area contributed by atoms with Crippen LogP contribution in [0.2, 0.25) is 12.6 Å². The Bertz CT molecular complexity index is 502. The molecule has 0 saturated carbocycles. The number of hydrogen-bond acceptors (Lipinski definition) is 0. The minimum absolute atomic E-state index is 0.264. The second-order valence-corrected chi connectivity index (χ2v) is 11.3. The van der Waals surface area contributed by atoms with Crippen LogP contribution in [-0.4, -0.2) is 8.07 Å². The van der Waals surface area contributed by atoms with Crippen LogP contribution in [0.5, 0.6) is 0 Å². The fraction of sp³-hybridized carbons (Fsp3) is 0.444. The summed E-state index contributed by atoms with van der Waals surface area (Å²) in [5.41, 5.74) is 1.85. The van der Waals surface area contributed by atoms with Crippen molar-refractivity contribution in [2.75, 3.05) is 0 Å². The summed E-state index contributed by atoms with van der Waals surface area (Å²) in [5.74, 6) is 0. The van der Waals surface area contributed by atoms with Crippen molar-refractivity contribution in [3.63, 3.8) is 0 Å². The number of benzene rings is 1. The molecule has 1 heteroatoms. The van der Waals surface area contributed by atoms with Gasteiger partial charge in [-0.25, -0.2) is 0 Å². The highest BCUT2D eigenvalue weighted by molar-refractivity contribution is 6.97. The molecule has 0 fully saturated rings. The molecule has 1 aliphatic carbocycles. The lowest BCUT2D eigenvalue weighted by atomic mass is 9.87. The van der Waals surface area contributed by atoms with Gasteiger partial charge >= 0.3 is 0 Å². The summed E-state index contributed by atoms with van der Waals surface area (Å²) in [6.07, 6.45) is 6.06. The quantitative estimate of drug-likeness (QED) is 0.690. The van der Waals surface area contributed by atoms with Gasteiger partial charge in [-0.3, -0.25) is 0 Å². The molecule has 0 heterocycles. The average molecular weight is 270 g/mol. The topological polar surface area (TPSA) is 0 Å². The maximum Gasteiger partial charge on any atom is 0.114 e. The normalized spacial score (nSPS) is 18.8. The van der Waals surface area contributed by atoms with E-state index >= 15 is 0 Å². The highest BCUT2D eigenvalue weighted by Gasteiger charge is 2.37. The summed E-state index contributed by atoms with van der Waals surface area (Å²) in [4.78, 5) is 0. The smallest absolute Gasteiger partial charge is 0.0808 e. The molecule has 102 valence electrons. The number of hydrogen-bond donors (Lipinski definition) is 0. The fourth-order valence-electron chi connectivity index (χ4n) is 3.10. The standard InChI is InChI=1S/C18H26Si/c1-6-19(5,15-11-8-7-9-12-15)17-14-10-13-16(17)18(2,3)4/h7-9,11-14H,6,10H2,1-5H3. The highest BCUT2D eigenvalue weighted by Crippen LogP contribution is 2.40. The van der Waals surface area contributed by atoms with Gasteiger partial charge in [-0.1, -0.05) is 93.2 Å². The maximum atomic E-state index is 2.53. The number of allylic oxidation sites excluding steroid dienone is 4. The van der Waals surface area contributed by atoms with Crippen LogP contribution < -0.4 is 5.19 Å². The molecule has 1 aromatic rings. The Morgan fingerprint density at radius 1 is 1.05 bits per heavy atom. The second kappa shape index (κ2) is 5.13. The van der Waals surface area contributed by atoms with Gasteiger partial charge in [0, 0.05) is 0 Å². The summed E-state index contributed by atoms with van der Waals surface area (Å²) < 4.78 is 0. The van der Waals surface area contributed by atoms with E-state index in [0.29, 0.717) is 0 Å². The van der Waals surface area contributed by atoms with Crippen molar-refractivity contribution in [2.24, 2.45) is 5.41 Å². The van der Waals surface area contributed by atoms with Crippen LogP contribution in [0.1, 0.15) is 34.1 Å². The molecule has 0 bridgehead atoms. The van der Waals surface area contributed by atoms with E-state index in [1.165, 1.54) is 6.04 Å². The van der Waals surface area contributed by atoms with Gasteiger partial charge in [0.15, 0.2) is 0 Å². The van der Waals surface area contributed by atoms with Crippen molar-refractivity contribution in [1.82, 2.24) is 0 Å². The summed E-state index contributed by atoms with van der Waals surface area (Å²) in [6.45, 7) is 11.9. The molecule has 2 rings (SSSR count). The second-order valence-electron chi connectivity index (χ2n) is 6.77. The molecule has 0 amide bonds. The van der Waals surface area contributed by atoms with Crippen LogP contribution >= 0.6 is 0 Å². The minimum atomic E-state index is -1.55.